The average Bonchev–Trinajstić information content (AvgIpc) is 3.04. The third-order valence-electron chi connectivity index (χ3n) is 5.10. The van der Waals surface area contributed by atoms with Crippen molar-refractivity contribution in [2.24, 2.45) is 4.99 Å². The van der Waals surface area contributed by atoms with E-state index in [1.165, 1.54) is 0 Å². The van der Waals surface area contributed by atoms with Gasteiger partial charge in [0.25, 0.3) is 0 Å². The minimum atomic E-state index is 0.661. The van der Waals surface area contributed by atoms with E-state index >= 15 is 0 Å². The predicted octanol–water partition coefficient (Wildman–Crippen LogP) is 2.09. The van der Waals surface area contributed by atoms with Gasteiger partial charge in [0.05, 0.1) is 17.9 Å². The maximum absolute atomic E-state index is 5.90. The number of ether oxygens (including phenoxy) is 1. The van der Waals surface area contributed by atoms with Crippen molar-refractivity contribution in [3.63, 3.8) is 0 Å². The van der Waals surface area contributed by atoms with Gasteiger partial charge in [-0.05, 0) is 26.1 Å². The highest BCUT2D eigenvalue weighted by Crippen LogP contribution is 2.24. The van der Waals surface area contributed by atoms with Crippen molar-refractivity contribution in [2.45, 2.75) is 13.5 Å². The summed E-state index contributed by atoms with van der Waals surface area (Å²) >= 11 is 0. The fourth-order valence-electron chi connectivity index (χ4n) is 3.36. The molecule has 0 N–H and O–H groups in total. The molecule has 2 aromatic heterocycles. The zero-order valence-corrected chi connectivity index (χ0v) is 15.5. The Labute approximate surface area is 154 Å². The number of rotatable bonds is 5. The van der Waals surface area contributed by atoms with Crippen molar-refractivity contribution < 1.29 is 4.74 Å². The van der Waals surface area contributed by atoms with Crippen molar-refractivity contribution in [1.29, 1.82) is 0 Å². The molecule has 0 aliphatic carbocycles. The van der Waals surface area contributed by atoms with Crippen LogP contribution in [-0.2, 0) is 6.54 Å². The first kappa shape index (κ1) is 17.1. The van der Waals surface area contributed by atoms with Crippen LogP contribution in [0.4, 0.5) is 0 Å². The molecule has 2 aliphatic rings. The van der Waals surface area contributed by atoms with E-state index in [0.717, 1.165) is 61.0 Å². The number of fused-ring (bicyclic) bond motifs is 1. The molecular weight excluding hydrogens is 326 g/mol. The van der Waals surface area contributed by atoms with E-state index in [9.17, 15) is 0 Å². The van der Waals surface area contributed by atoms with Gasteiger partial charge >= 0.3 is 0 Å². The van der Waals surface area contributed by atoms with Gasteiger partial charge in [0.2, 0.25) is 5.88 Å². The molecule has 4 heterocycles. The van der Waals surface area contributed by atoms with Gasteiger partial charge in [-0.2, -0.15) is 0 Å². The van der Waals surface area contributed by atoms with Gasteiger partial charge in [0.1, 0.15) is 6.61 Å². The first-order valence-corrected chi connectivity index (χ1v) is 9.20. The van der Waals surface area contributed by atoms with E-state index in [2.05, 4.69) is 37.9 Å². The highest BCUT2D eigenvalue weighted by molar-refractivity contribution is 6.02. The smallest absolute Gasteiger partial charge is 0.213 e. The molecule has 0 saturated carbocycles. The minimum absolute atomic E-state index is 0.661. The molecule has 0 aromatic carbocycles. The summed E-state index contributed by atoms with van der Waals surface area (Å²) in [5, 5.41) is 0. The van der Waals surface area contributed by atoms with E-state index in [1.54, 1.807) is 0 Å². The van der Waals surface area contributed by atoms with Crippen LogP contribution in [0.2, 0.25) is 0 Å². The normalized spacial score (nSPS) is 17.8. The molecule has 2 aliphatic heterocycles. The molecule has 0 atom stereocenters. The van der Waals surface area contributed by atoms with E-state index in [1.807, 2.05) is 31.3 Å². The van der Waals surface area contributed by atoms with Crippen LogP contribution in [-0.4, -0.2) is 71.9 Å². The first-order valence-electron chi connectivity index (χ1n) is 9.20. The quantitative estimate of drug-likeness (QED) is 0.826. The second-order valence-electron chi connectivity index (χ2n) is 6.97. The SMILES string of the molecule is CC1=NCc2ncc(-c3cccc(OCCN4CCN(C)CC4)n3)cc21. The highest BCUT2D eigenvalue weighted by atomic mass is 16.5. The Morgan fingerprint density at radius 3 is 2.85 bits per heavy atom. The molecule has 4 rings (SSSR count). The van der Waals surface area contributed by atoms with Gasteiger partial charge in [-0.25, -0.2) is 4.98 Å². The third kappa shape index (κ3) is 3.76. The number of pyridine rings is 2. The lowest BCUT2D eigenvalue weighted by Crippen LogP contribution is -2.45. The van der Waals surface area contributed by atoms with Crippen LogP contribution in [0.3, 0.4) is 0 Å². The number of piperazine rings is 1. The fraction of sp³-hybridized carbons (Fsp3) is 0.450. The molecule has 6 heteroatoms. The number of aromatic nitrogens is 2. The standard InChI is InChI=1S/C20H25N5O/c1-15-17-12-16(13-22-19(17)14-21-15)18-4-3-5-20(23-18)26-11-10-25-8-6-24(2)7-9-25/h3-5,12-13H,6-11,14H2,1-2H3. The van der Waals surface area contributed by atoms with Crippen LogP contribution >= 0.6 is 0 Å². The zero-order valence-electron chi connectivity index (χ0n) is 15.5. The van der Waals surface area contributed by atoms with Gasteiger partial charge in [-0.1, -0.05) is 6.07 Å². The van der Waals surface area contributed by atoms with Crippen molar-refractivity contribution >= 4 is 5.71 Å². The number of hydrogen-bond acceptors (Lipinski definition) is 6. The van der Waals surface area contributed by atoms with Crippen molar-refractivity contribution in [3.8, 4) is 17.1 Å². The average molecular weight is 351 g/mol. The monoisotopic (exact) mass is 351 g/mol. The van der Waals surface area contributed by atoms with Gasteiger partial charge in [0, 0.05) is 61.8 Å². The van der Waals surface area contributed by atoms with Crippen molar-refractivity contribution in [3.05, 3.63) is 41.7 Å². The molecule has 0 bridgehead atoms. The molecule has 6 nitrogen and oxygen atoms in total. The van der Waals surface area contributed by atoms with Crippen LogP contribution in [0.25, 0.3) is 11.3 Å². The molecule has 0 spiro atoms. The lowest BCUT2D eigenvalue weighted by atomic mass is 10.1. The van der Waals surface area contributed by atoms with Gasteiger partial charge in [-0.3, -0.25) is 14.9 Å². The van der Waals surface area contributed by atoms with E-state index in [0.29, 0.717) is 19.0 Å². The Balaban J connectivity index is 1.39. The molecule has 0 unspecified atom stereocenters. The molecule has 2 aromatic rings. The topological polar surface area (TPSA) is 53.9 Å². The Morgan fingerprint density at radius 1 is 1.15 bits per heavy atom. The van der Waals surface area contributed by atoms with Crippen molar-refractivity contribution in [2.75, 3.05) is 46.4 Å². The van der Waals surface area contributed by atoms with E-state index in [-0.39, 0.29) is 0 Å². The molecule has 26 heavy (non-hydrogen) atoms. The van der Waals surface area contributed by atoms with Crippen LogP contribution in [0.1, 0.15) is 18.2 Å². The Hall–Kier alpha value is -2.31. The van der Waals surface area contributed by atoms with E-state index < -0.39 is 0 Å². The summed E-state index contributed by atoms with van der Waals surface area (Å²) in [5.74, 6) is 0.669. The molecule has 0 radical (unpaired) electrons. The Bertz CT molecular complexity index is 812. The van der Waals surface area contributed by atoms with Gasteiger partial charge in [0.15, 0.2) is 0 Å². The minimum Gasteiger partial charge on any atom is -0.476 e. The maximum Gasteiger partial charge on any atom is 0.213 e. The summed E-state index contributed by atoms with van der Waals surface area (Å²) in [6.07, 6.45) is 1.88. The van der Waals surface area contributed by atoms with Crippen molar-refractivity contribution in [1.82, 2.24) is 19.8 Å². The second kappa shape index (κ2) is 7.51. The summed E-state index contributed by atoms with van der Waals surface area (Å²) in [6.45, 7) is 8.78. The summed E-state index contributed by atoms with van der Waals surface area (Å²) in [4.78, 5) is 18.4. The number of likely N-dealkylation sites (N-methyl/N-ethyl adjacent to an activating group) is 1. The van der Waals surface area contributed by atoms with Crippen LogP contribution < -0.4 is 4.74 Å². The largest absolute Gasteiger partial charge is 0.476 e. The summed E-state index contributed by atoms with van der Waals surface area (Å²) in [7, 11) is 2.17. The van der Waals surface area contributed by atoms with Crippen LogP contribution in [0, 0.1) is 0 Å². The molecule has 0 amide bonds. The first-order chi connectivity index (χ1) is 12.7. The Kier molecular flexibility index (Phi) is 4.95. The lowest BCUT2D eigenvalue weighted by molar-refractivity contribution is 0.132. The zero-order chi connectivity index (χ0) is 17.9. The van der Waals surface area contributed by atoms with Crippen LogP contribution in [0.15, 0.2) is 35.5 Å². The lowest BCUT2D eigenvalue weighted by Gasteiger charge is -2.32. The predicted molar refractivity (Wildman–Crippen MR) is 103 cm³/mol. The van der Waals surface area contributed by atoms with E-state index in [4.69, 9.17) is 4.74 Å². The maximum atomic E-state index is 5.90. The molecular formula is C20H25N5O. The second-order valence-corrected chi connectivity index (χ2v) is 6.97. The number of hydrogen-bond donors (Lipinski definition) is 0. The fourth-order valence-corrected chi connectivity index (χ4v) is 3.36. The Morgan fingerprint density at radius 2 is 2.00 bits per heavy atom. The highest BCUT2D eigenvalue weighted by Gasteiger charge is 2.16. The summed E-state index contributed by atoms with van der Waals surface area (Å²) in [6, 6.07) is 8.03. The van der Waals surface area contributed by atoms with Gasteiger partial charge < -0.3 is 9.64 Å². The number of nitrogens with zero attached hydrogens (tertiary/aromatic N) is 5. The molecule has 1 fully saturated rings. The summed E-state index contributed by atoms with van der Waals surface area (Å²) < 4.78 is 5.90. The van der Waals surface area contributed by atoms with Crippen LogP contribution in [0.5, 0.6) is 5.88 Å². The summed E-state index contributed by atoms with van der Waals surface area (Å²) in [5.41, 5.74) is 5.12. The number of aliphatic imine (C=N–C) groups is 1. The van der Waals surface area contributed by atoms with Gasteiger partial charge in [-0.15, -0.1) is 0 Å². The third-order valence-corrected chi connectivity index (χ3v) is 5.10. The molecule has 1 saturated heterocycles. The molecule has 136 valence electrons.